The Labute approximate surface area is 227 Å². The molecule has 0 saturated carbocycles. The van der Waals surface area contributed by atoms with E-state index < -0.39 is 24.1 Å². The number of thiol groups is 2. The number of aliphatic hydroxyl groups excluding tert-OH is 2. The van der Waals surface area contributed by atoms with E-state index in [4.69, 9.17) is 76.3 Å². The molecule has 8 nitrogen and oxygen atoms in total. The molecule has 0 amide bonds. The molecule has 0 saturated heterocycles. The number of ether oxygens (including phenoxy) is 2. The highest BCUT2D eigenvalue weighted by Crippen LogP contribution is 2.34. The molecule has 0 heterocycles. The third-order valence-electron chi connectivity index (χ3n) is 3.77. The molecule has 4 N–H and O–H groups in total. The fourth-order valence-electron chi connectivity index (χ4n) is 2.11. The summed E-state index contributed by atoms with van der Waals surface area (Å²) in [5, 5.41) is 35.7. The highest BCUT2D eigenvalue weighted by atomic mass is 35.5. The van der Waals surface area contributed by atoms with Crippen LogP contribution in [0.15, 0.2) is 24.3 Å². The van der Waals surface area contributed by atoms with Gasteiger partial charge in [-0.1, -0.05) is 46.4 Å². The van der Waals surface area contributed by atoms with Crippen molar-refractivity contribution in [3.8, 4) is 11.5 Å². The number of aromatic carboxylic acids is 2. The first-order valence-corrected chi connectivity index (χ1v) is 11.7. The number of halogens is 4. The predicted molar refractivity (Wildman–Crippen MR) is 140 cm³/mol. The van der Waals surface area contributed by atoms with Crippen LogP contribution >= 0.6 is 71.7 Å². The van der Waals surface area contributed by atoms with Gasteiger partial charge in [0.15, 0.2) is 11.5 Å². The molecule has 0 fully saturated rings. The Kier molecular flexibility index (Phi) is 15.8. The van der Waals surface area contributed by atoms with Crippen LogP contribution in [0.4, 0.5) is 0 Å². The Balaban J connectivity index is 0.000000497. The van der Waals surface area contributed by atoms with Crippen molar-refractivity contribution in [3.63, 3.8) is 0 Å². The molecular formula is C20H22Cl4O8S2. The summed E-state index contributed by atoms with van der Waals surface area (Å²) in [7, 11) is 2.67. The molecule has 190 valence electrons. The van der Waals surface area contributed by atoms with E-state index in [-0.39, 0.29) is 54.2 Å². The first-order valence-electron chi connectivity index (χ1n) is 8.96. The maximum absolute atomic E-state index is 10.7. The molecule has 14 heteroatoms. The topological polar surface area (TPSA) is 134 Å². The number of methoxy groups -OCH3 is 2. The summed E-state index contributed by atoms with van der Waals surface area (Å²) < 4.78 is 9.64. The first kappa shape index (κ1) is 32.8. The summed E-state index contributed by atoms with van der Waals surface area (Å²) in [4.78, 5) is 21.5. The number of hydrogen-bond acceptors (Lipinski definition) is 8. The molecule has 0 spiro atoms. The average Bonchev–Trinajstić information content (AvgIpc) is 2.80. The Morgan fingerprint density at radius 1 is 0.735 bits per heavy atom. The van der Waals surface area contributed by atoms with Crippen LogP contribution in [0.25, 0.3) is 0 Å². The SMILES string of the molecule is COc1c(Cl)ccc(Cl)c1C(=O)O.COc1c(Cl)ccc(Cl)c1C(=O)O.O[C@H](CS)[C@H](O)CS. The van der Waals surface area contributed by atoms with Crippen LogP contribution in [-0.2, 0) is 0 Å². The van der Waals surface area contributed by atoms with Crippen LogP contribution in [0.5, 0.6) is 11.5 Å². The van der Waals surface area contributed by atoms with Gasteiger partial charge in [-0.3, -0.25) is 0 Å². The lowest BCUT2D eigenvalue weighted by atomic mass is 10.2. The van der Waals surface area contributed by atoms with Gasteiger partial charge >= 0.3 is 11.9 Å². The van der Waals surface area contributed by atoms with Gasteiger partial charge in [0.1, 0.15) is 11.1 Å². The van der Waals surface area contributed by atoms with Crippen molar-refractivity contribution < 1.29 is 39.5 Å². The number of carbonyl (C=O) groups is 2. The lowest BCUT2D eigenvalue weighted by Gasteiger charge is -2.11. The molecule has 2 aromatic carbocycles. The lowest BCUT2D eigenvalue weighted by Crippen LogP contribution is -2.28. The summed E-state index contributed by atoms with van der Waals surface area (Å²) in [5.74, 6) is -1.60. The third kappa shape index (κ3) is 9.79. The predicted octanol–water partition coefficient (Wildman–Crippen LogP) is 4.97. The summed E-state index contributed by atoms with van der Waals surface area (Å²) in [6, 6.07) is 5.79. The number of aliphatic hydroxyl groups is 2. The van der Waals surface area contributed by atoms with E-state index in [2.05, 4.69) is 25.3 Å². The van der Waals surface area contributed by atoms with Gasteiger partial charge in [-0.15, -0.1) is 0 Å². The maximum Gasteiger partial charge on any atom is 0.341 e. The van der Waals surface area contributed by atoms with Gasteiger partial charge in [0, 0.05) is 11.5 Å². The minimum atomic E-state index is -1.16. The average molecular weight is 596 g/mol. The summed E-state index contributed by atoms with van der Waals surface area (Å²) >= 11 is 30.2. The zero-order chi connectivity index (χ0) is 26.6. The monoisotopic (exact) mass is 594 g/mol. The number of carboxylic acid groups (broad SMARTS) is 2. The largest absolute Gasteiger partial charge is 0.494 e. The van der Waals surface area contributed by atoms with Gasteiger partial charge in [-0.2, -0.15) is 25.3 Å². The smallest absolute Gasteiger partial charge is 0.341 e. The fourth-order valence-corrected chi connectivity index (χ4v) is 3.52. The van der Waals surface area contributed by atoms with Crippen molar-refractivity contribution in [1.29, 1.82) is 0 Å². The normalized spacial score (nSPS) is 11.7. The van der Waals surface area contributed by atoms with Crippen LogP contribution < -0.4 is 9.47 Å². The fraction of sp³-hybridized carbons (Fsp3) is 0.300. The van der Waals surface area contributed by atoms with Crippen molar-refractivity contribution in [2.45, 2.75) is 12.2 Å². The maximum atomic E-state index is 10.7. The van der Waals surface area contributed by atoms with Crippen molar-refractivity contribution in [1.82, 2.24) is 0 Å². The van der Waals surface area contributed by atoms with Gasteiger partial charge in [-0.05, 0) is 24.3 Å². The van der Waals surface area contributed by atoms with Gasteiger partial charge in [-0.25, -0.2) is 9.59 Å². The number of hydrogen-bond donors (Lipinski definition) is 6. The molecule has 0 radical (unpaired) electrons. The van der Waals surface area contributed by atoms with Crippen LogP contribution in [0, 0.1) is 0 Å². The molecule has 2 aromatic rings. The van der Waals surface area contributed by atoms with Gasteiger partial charge in [0.25, 0.3) is 0 Å². The Hall–Kier alpha value is -1.24. The van der Waals surface area contributed by atoms with E-state index in [1.165, 1.54) is 38.5 Å². The van der Waals surface area contributed by atoms with Crippen LogP contribution in [0.1, 0.15) is 20.7 Å². The van der Waals surface area contributed by atoms with Crippen LogP contribution in [0.3, 0.4) is 0 Å². The van der Waals surface area contributed by atoms with Crippen molar-refractivity contribution in [2.24, 2.45) is 0 Å². The molecule has 34 heavy (non-hydrogen) atoms. The highest BCUT2D eigenvalue weighted by molar-refractivity contribution is 7.80. The molecule has 0 unspecified atom stereocenters. The Bertz CT molecular complexity index is 901. The van der Waals surface area contributed by atoms with E-state index in [0.29, 0.717) is 0 Å². The van der Waals surface area contributed by atoms with E-state index >= 15 is 0 Å². The zero-order valence-corrected chi connectivity index (χ0v) is 22.5. The number of carboxylic acids is 2. The molecule has 0 aliphatic rings. The van der Waals surface area contributed by atoms with Gasteiger partial charge in [0.2, 0.25) is 0 Å². The highest BCUT2D eigenvalue weighted by Gasteiger charge is 2.19. The summed E-state index contributed by atoms with van der Waals surface area (Å²) in [6.45, 7) is 0. The van der Waals surface area contributed by atoms with E-state index in [0.717, 1.165) is 0 Å². The second-order valence-electron chi connectivity index (χ2n) is 5.99. The summed E-state index contributed by atoms with van der Waals surface area (Å²) in [6.07, 6.45) is -1.48. The molecule has 2 rings (SSSR count). The minimum absolute atomic E-state index is 0.0849. The van der Waals surface area contributed by atoms with Crippen molar-refractivity contribution in [3.05, 3.63) is 55.5 Å². The van der Waals surface area contributed by atoms with Crippen molar-refractivity contribution >= 4 is 83.6 Å². The second-order valence-corrected chi connectivity index (χ2v) is 8.34. The quantitative estimate of drug-likeness (QED) is 0.247. The molecule has 0 aromatic heterocycles. The van der Waals surface area contributed by atoms with E-state index in [1.807, 2.05) is 0 Å². The second kappa shape index (κ2) is 16.4. The Morgan fingerprint density at radius 3 is 1.18 bits per heavy atom. The molecule has 0 aliphatic carbocycles. The lowest BCUT2D eigenvalue weighted by molar-refractivity contribution is 0.0504. The molecule has 0 aliphatic heterocycles. The zero-order valence-electron chi connectivity index (χ0n) is 17.7. The van der Waals surface area contributed by atoms with Gasteiger partial charge < -0.3 is 29.9 Å². The Morgan fingerprint density at radius 2 is 1.00 bits per heavy atom. The molecular weight excluding hydrogens is 574 g/mol. The van der Waals surface area contributed by atoms with Gasteiger partial charge in [0.05, 0.1) is 46.5 Å². The standard InChI is InChI=1S/2C8H6Cl2O3.C4H10O2S2/c2*1-13-7-5(10)3-2-4(9)6(7)8(11)12;5-3(1-7)4(6)2-8/h2*2-3H,1H3,(H,11,12);3-8H,1-2H2/t;;3-,4-/m..1/s1. The minimum Gasteiger partial charge on any atom is -0.494 e. The summed E-state index contributed by atoms with van der Waals surface area (Å²) in [5.41, 5.74) is -0.228. The molecule has 2 atom stereocenters. The molecule has 0 bridgehead atoms. The first-order chi connectivity index (χ1) is 15.9. The number of rotatable bonds is 7. The van der Waals surface area contributed by atoms with E-state index in [9.17, 15) is 9.59 Å². The van der Waals surface area contributed by atoms with Crippen LogP contribution in [-0.4, -0.2) is 70.3 Å². The number of benzene rings is 2. The van der Waals surface area contributed by atoms with Crippen molar-refractivity contribution in [2.75, 3.05) is 25.7 Å². The van der Waals surface area contributed by atoms with E-state index in [1.54, 1.807) is 0 Å². The third-order valence-corrected chi connectivity index (χ3v) is 5.75. The van der Waals surface area contributed by atoms with Crippen LogP contribution in [0.2, 0.25) is 20.1 Å².